The van der Waals surface area contributed by atoms with Crippen molar-refractivity contribution in [3.63, 3.8) is 0 Å². The predicted octanol–water partition coefficient (Wildman–Crippen LogP) is 2.25. The molecule has 1 aliphatic carbocycles. The molecule has 1 amide bonds. The first-order chi connectivity index (χ1) is 11.7. The maximum absolute atomic E-state index is 12.2. The van der Waals surface area contributed by atoms with Gasteiger partial charge < -0.3 is 15.2 Å². The Labute approximate surface area is 142 Å². The minimum atomic E-state index is -4.82. The maximum atomic E-state index is 12.2. The lowest BCUT2D eigenvalue weighted by atomic mass is 9.85. The zero-order valence-electron chi connectivity index (χ0n) is 13.5. The summed E-state index contributed by atoms with van der Waals surface area (Å²) in [6.45, 7) is 2.40. The van der Waals surface area contributed by atoms with Crippen LogP contribution in [0.25, 0.3) is 0 Å². The van der Waals surface area contributed by atoms with Crippen LogP contribution in [-0.4, -0.2) is 53.4 Å². The van der Waals surface area contributed by atoms with E-state index in [0.717, 1.165) is 12.1 Å². The molecule has 2 rings (SSSR count). The number of hydrogen-bond acceptors (Lipinski definition) is 4. The second-order valence-electron chi connectivity index (χ2n) is 5.83. The second-order valence-corrected chi connectivity index (χ2v) is 5.83. The van der Waals surface area contributed by atoms with Crippen molar-refractivity contribution >= 4 is 11.9 Å². The van der Waals surface area contributed by atoms with Gasteiger partial charge in [-0.05, 0) is 37.6 Å². The molecule has 0 heterocycles. The number of aliphatic carboxylic acids is 1. The minimum Gasteiger partial charge on any atom is -0.480 e. The van der Waals surface area contributed by atoms with E-state index in [1.54, 1.807) is 0 Å². The zero-order chi connectivity index (χ0) is 18.6. The first-order valence-electron chi connectivity index (χ1n) is 7.80. The molecule has 0 aromatic heterocycles. The molecule has 0 aliphatic heterocycles. The summed E-state index contributed by atoms with van der Waals surface area (Å²) in [5, 5.41) is 11.6. The fraction of sp³-hybridized carbons (Fsp3) is 0.500. The van der Waals surface area contributed by atoms with Crippen LogP contribution in [0.2, 0.25) is 0 Å². The number of likely N-dealkylation sites (N-methyl/N-ethyl adjacent to an activating group) is 1. The number of halogens is 3. The SMILES string of the molecule is CCN(CC(=O)O)C1CC(NC(=O)c2cccc(OC(F)(F)F)c2)C1. The number of carbonyl (C=O) groups is 2. The fourth-order valence-corrected chi connectivity index (χ4v) is 2.78. The van der Waals surface area contributed by atoms with Crippen molar-refractivity contribution in [2.24, 2.45) is 0 Å². The summed E-state index contributed by atoms with van der Waals surface area (Å²) >= 11 is 0. The summed E-state index contributed by atoms with van der Waals surface area (Å²) in [6.07, 6.45) is -3.61. The molecule has 1 aromatic rings. The predicted molar refractivity (Wildman–Crippen MR) is 82.3 cm³/mol. The zero-order valence-corrected chi connectivity index (χ0v) is 13.5. The molecule has 1 aliphatic rings. The topological polar surface area (TPSA) is 78.9 Å². The molecule has 0 unspecified atom stereocenters. The van der Waals surface area contributed by atoms with Crippen LogP contribution in [0, 0.1) is 0 Å². The number of benzene rings is 1. The number of nitrogens with zero attached hydrogens (tertiary/aromatic N) is 1. The number of carbonyl (C=O) groups excluding carboxylic acids is 1. The first-order valence-corrected chi connectivity index (χ1v) is 7.80. The number of amides is 1. The van der Waals surface area contributed by atoms with Gasteiger partial charge in [0.15, 0.2) is 0 Å². The van der Waals surface area contributed by atoms with E-state index in [0.29, 0.717) is 19.4 Å². The second kappa shape index (κ2) is 7.73. The Morgan fingerprint density at radius 1 is 1.36 bits per heavy atom. The van der Waals surface area contributed by atoms with Crippen LogP contribution in [-0.2, 0) is 4.79 Å². The summed E-state index contributed by atoms with van der Waals surface area (Å²) < 4.78 is 40.5. The third-order valence-corrected chi connectivity index (χ3v) is 4.04. The van der Waals surface area contributed by atoms with Crippen molar-refractivity contribution in [3.05, 3.63) is 29.8 Å². The van der Waals surface area contributed by atoms with Crippen LogP contribution in [0.15, 0.2) is 24.3 Å². The van der Waals surface area contributed by atoms with Crippen LogP contribution < -0.4 is 10.1 Å². The summed E-state index contributed by atoms with van der Waals surface area (Å²) in [7, 11) is 0. The van der Waals surface area contributed by atoms with Crippen molar-refractivity contribution in [3.8, 4) is 5.75 Å². The quantitative estimate of drug-likeness (QED) is 0.780. The van der Waals surface area contributed by atoms with Gasteiger partial charge in [-0.2, -0.15) is 0 Å². The van der Waals surface area contributed by atoms with Crippen LogP contribution in [0.5, 0.6) is 5.75 Å². The van der Waals surface area contributed by atoms with Crippen molar-refractivity contribution in [1.82, 2.24) is 10.2 Å². The molecule has 0 atom stereocenters. The third kappa shape index (κ3) is 5.63. The number of carboxylic acids is 1. The number of rotatable bonds is 7. The number of carboxylic acid groups (broad SMARTS) is 1. The van der Waals surface area contributed by atoms with E-state index in [2.05, 4.69) is 10.1 Å². The van der Waals surface area contributed by atoms with Gasteiger partial charge in [-0.1, -0.05) is 13.0 Å². The van der Waals surface area contributed by atoms with E-state index in [1.807, 2.05) is 11.8 Å². The largest absolute Gasteiger partial charge is 0.573 e. The summed E-state index contributed by atoms with van der Waals surface area (Å²) in [5.41, 5.74) is 0.0723. The molecule has 2 N–H and O–H groups in total. The minimum absolute atomic E-state index is 0.0569. The highest BCUT2D eigenvalue weighted by atomic mass is 19.4. The van der Waals surface area contributed by atoms with Crippen molar-refractivity contribution in [1.29, 1.82) is 0 Å². The molecule has 0 radical (unpaired) electrons. The summed E-state index contributed by atoms with van der Waals surface area (Å²) in [4.78, 5) is 24.7. The monoisotopic (exact) mass is 360 g/mol. The Balaban J connectivity index is 1.87. The van der Waals surface area contributed by atoms with E-state index >= 15 is 0 Å². The molecule has 1 aromatic carbocycles. The van der Waals surface area contributed by atoms with Gasteiger partial charge in [-0.3, -0.25) is 14.5 Å². The summed E-state index contributed by atoms with van der Waals surface area (Å²) in [5.74, 6) is -1.85. The molecular formula is C16H19F3N2O4. The van der Waals surface area contributed by atoms with E-state index in [9.17, 15) is 22.8 Å². The van der Waals surface area contributed by atoms with Gasteiger partial charge in [0, 0.05) is 17.6 Å². The van der Waals surface area contributed by atoms with E-state index in [4.69, 9.17) is 5.11 Å². The molecule has 6 nitrogen and oxygen atoms in total. The highest BCUT2D eigenvalue weighted by Gasteiger charge is 2.35. The number of ether oxygens (including phenoxy) is 1. The van der Waals surface area contributed by atoms with Gasteiger partial charge in [-0.25, -0.2) is 0 Å². The normalized spacial score (nSPS) is 20.0. The van der Waals surface area contributed by atoms with Gasteiger partial charge in [0.25, 0.3) is 5.91 Å². The average molecular weight is 360 g/mol. The van der Waals surface area contributed by atoms with Gasteiger partial charge in [0.1, 0.15) is 5.75 Å². The van der Waals surface area contributed by atoms with Gasteiger partial charge in [0.2, 0.25) is 0 Å². The number of alkyl halides is 3. The summed E-state index contributed by atoms with van der Waals surface area (Å²) in [6, 6.07) is 4.80. The molecule has 138 valence electrons. The molecule has 1 fully saturated rings. The van der Waals surface area contributed by atoms with Gasteiger partial charge in [-0.15, -0.1) is 13.2 Å². The molecule has 0 saturated heterocycles. The van der Waals surface area contributed by atoms with Crippen LogP contribution in [0.1, 0.15) is 30.1 Å². The lowest BCUT2D eigenvalue weighted by Gasteiger charge is -2.42. The molecular weight excluding hydrogens is 341 g/mol. The smallest absolute Gasteiger partial charge is 0.480 e. The average Bonchev–Trinajstić information content (AvgIpc) is 2.46. The van der Waals surface area contributed by atoms with E-state index in [-0.39, 0.29) is 24.2 Å². The Kier molecular flexibility index (Phi) is 5.89. The third-order valence-electron chi connectivity index (χ3n) is 4.04. The van der Waals surface area contributed by atoms with Gasteiger partial charge >= 0.3 is 12.3 Å². The molecule has 0 spiro atoms. The standard InChI is InChI=1S/C16H19F3N2O4/c1-2-21(9-14(22)23)12-7-11(8-12)20-15(24)10-4-3-5-13(6-10)25-16(17,18)19/h3-6,11-12H,2,7-9H2,1H3,(H,20,24)(H,22,23). The van der Waals surface area contributed by atoms with Crippen molar-refractivity contribution in [2.45, 2.75) is 38.2 Å². The van der Waals surface area contributed by atoms with Crippen LogP contribution in [0.4, 0.5) is 13.2 Å². The van der Waals surface area contributed by atoms with Crippen LogP contribution >= 0.6 is 0 Å². The maximum Gasteiger partial charge on any atom is 0.573 e. The highest BCUT2D eigenvalue weighted by molar-refractivity contribution is 5.94. The van der Waals surface area contributed by atoms with Crippen molar-refractivity contribution < 1.29 is 32.6 Å². The lowest BCUT2D eigenvalue weighted by molar-refractivity contribution is -0.274. The molecule has 25 heavy (non-hydrogen) atoms. The van der Waals surface area contributed by atoms with E-state index < -0.39 is 24.0 Å². The molecule has 1 saturated carbocycles. The Morgan fingerprint density at radius 2 is 2.04 bits per heavy atom. The number of nitrogens with one attached hydrogen (secondary N) is 1. The lowest BCUT2D eigenvalue weighted by Crippen LogP contribution is -2.54. The van der Waals surface area contributed by atoms with Gasteiger partial charge in [0.05, 0.1) is 6.54 Å². The van der Waals surface area contributed by atoms with Crippen molar-refractivity contribution in [2.75, 3.05) is 13.1 Å². The highest BCUT2D eigenvalue weighted by Crippen LogP contribution is 2.27. The first kappa shape index (κ1) is 19.0. The number of hydrogen-bond donors (Lipinski definition) is 2. The molecule has 9 heteroatoms. The van der Waals surface area contributed by atoms with Crippen LogP contribution in [0.3, 0.4) is 0 Å². The fourth-order valence-electron chi connectivity index (χ4n) is 2.78. The Hall–Kier alpha value is -2.29. The molecule has 0 bridgehead atoms. The Bertz CT molecular complexity index is 630. The van der Waals surface area contributed by atoms with E-state index in [1.165, 1.54) is 12.1 Å². The Morgan fingerprint density at radius 3 is 2.60 bits per heavy atom.